The van der Waals surface area contributed by atoms with Gasteiger partial charge in [-0.15, -0.1) is 0 Å². The molecule has 0 saturated carbocycles. The van der Waals surface area contributed by atoms with Gasteiger partial charge in [0.15, 0.2) is 11.6 Å². The van der Waals surface area contributed by atoms with Crippen molar-refractivity contribution >= 4 is 22.7 Å². The van der Waals surface area contributed by atoms with Crippen molar-refractivity contribution in [3.63, 3.8) is 0 Å². The second kappa shape index (κ2) is 5.68. The van der Waals surface area contributed by atoms with Crippen LogP contribution in [-0.2, 0) is 4.79 Å². The lowest BCUT2D eigenvalue weighted by Crippen LogP contribution is -2.22. The maximum Gasteiger partial charge on any atom is 0.305 e. The number of anilines is 1. The number of aliphatic carboxylic acids is 1. The Bertz CT molecular complexity index is 648. The van der Waals surface area contributed by atoms with Crippen molar-refractivity contribution in [2.45, 2.75) is 6.42 Å². The molecular formula is C13H14FN3O3. The second-order valence-electron chi connectivity index (χ2n) is 4.24. The Morgan fingerprint density at radius 1 is 1.45 bits per heavy atom. The van der Waals surface area contributed by atoms with Gasteiger partial charge in [-0.3, -0.25) is 4.79 Å². The molecule has 1 heterocycles. The Morgan fingerprint density at radius 2 is 2.20 bits per heavy atom. The van der Waals surface area contributed by atoms with Crippen LogP contribution in [0.4, 0.5) is 10.2 Å². The van der Waals surface area contributed by atoms with Crippen LogP contribution < -0.4 is 9.64 Å². The third-order valence-electron chi connectivity index (χ3n) is 2.93. The minimum Gasteiger partial charge on any atom is -0.494 e. The normalized spacial score (nSPS) is 10.6. The zero-order valence-electron chi connectivity index (χ0n) is 11.1. The van der Waals surface area contributed by atoms with E-state index in [1.165, 1.54) is 19.5 Å². The predicted octanol–water partition coefficient (Wildman–Crippen LogP) is 1.69. The first-order chi connectivity index (χ1) is 9.54. The molecule has 2 aromatic rings. The highest BCUT2D eigenvalue weighted by atomic mass is 19.1. The molecule has 0 unspecified atom stereocenters. The number of carbonyl (C=O) groups is 1. The molecule has 0 spiro atoms. The predicted molar refractivity (Wildman–Crippen MR) is 71.6 cm³/mol. The van der Waals surface area contributed by atoms with Gasteiger partial charge in [-0.2, -0.15) is 0 Å². The van der Waals surface area contributed by atoms with E-state index in [9.17, 15) is 9.18 Å². The van der Waals surface area contributed by atoms with E-state index in [-0.39, 0.29) is 24.2 Å². The molecule has 0 radical (unpaired) electrons. The van der Waals surface area contributed by atoms with Gasteiger partial charge in [0.05, 0.1) is 13.5 Å². The summed E-state index contributed by atoms with van der Waals surface area (Å²) < 4.78 is 19.0. The molecule has 0 aliphatic rings. The van der Waals surface area contributed by atoms with Crippen LogP contribution in [0.1, 0.15) is 6.42 Å². The van der Waals surface area contributed by atoms with Crippen molar-refractivity contribution in [1.29, 1.82) is 0 Å². The summed E-state index contributed by atoms with van der Waals surface area (Å²) in [5.41, 5.74) is 0.150. The minimum absolute atomic E-state index is 0.0271. The third-order valence-corrected chi connectivity index (χ3v) is 2.93. The summed E-state index contributed by atoms with van der Waals surface area (Å²) in [5, 5.41) is 9.21. The number of methoxy groups -OCH3 is 1. The average molecular weight is 279 g/mol. The van der Waals surface area contributed by atoms with Gasteiger partial charge in [0.2, 0.25) is 0 Å². The van der Waals surface area contributed by atoms with E-state index < -0.39 is 11.8 Å². The molecular weight excluding hydrogens is 265 g/mol. The number of hydrogen-bond donors (Lipinski definition) is 1. The number of benzene rings is 1. The number of aromatic nitrogens is 2. The maximum absolute atomic E-state index is 14.1. The van der Waals surface area contributed by atoms with Gasteiger partial charge < -0.3 is 14.7 Å². The molecule has 6 nitrogen and oxygen atoms in total. The van der Waals surface area contributed by atoms with Crippen molar-refractivity contribution < 1.29 is 19.0 Å². The molecule has 106 valence electrons. The monoisotopic (exact) mass is 279 g/mol. The molecule has 0 atom stereocenters. The highest BCUT2D eigenvalue weighted by molar-refractivity contribution is 5.90. The molecule has 0 aliphatic heterocycles. The number of rotatable bonds is 5. The highest BCUT2D eigenvalue weighted by Gasteiger charge is 2.15. The van der Waals surface area contributed by atoms with Crippen LogP contribution in [-0.4, -0.2) is 41.7 Å². The minimum atomic E-state index is -0.900. The van der Waals surface area contributed by atoms with Crippen molar-refractivity contribution in [2.24, 2.45) is 0 Å². The quantitative estimate of drug-likeness (QED) is 0.897. The summed E-state index contributed by atoms with van der Waals surface area (Å²) in [4.78, 5) is 20.3. The van der Waals surface area contributed by atoms with E-state index in [1.54, 1.807) is 18.0 Å². The summed E-state index contributed by atoms with van der Waals surface area (Å²) >= 11 is 0. The van der Waals surface area contributed by atoms with Crippen molar-refractivity contribution in [3.05, 3.63) is 24.3 Å². The van der Waals surface area contributed by atoms with Crippen LogP contribution in [0, 0.1) is 5.82 Å². The van der Waals surface area contributed by atoms with Gasteiger partial charge in [0, 0.05) is 19.0 Å². The van der Waals surface area contributed by atoms with Crippen LogP contribution in [0.5, 0.6) is 5.75 Å². The van der Waals surface area contributed by atoms with E-state index in [1.807, 2.05) is 0 Å². The van der Waals surface area contributed by atoms with Crippen LogP contribution in [0.3, 0.4) is 0 Å². The molecule has 0 amide bonds. The number of nitrogens with zero attached hydrogens (tertiary/aromatic N) is 3. The molecule has 2 rings (SSSR count). The number of carboxylic acids is 1. The van der Waals surface area contributed by atoms with Gasteiger partial charge >= 0.3 is 5.97 Å². The first-order valence-corrected chi connectivity index (χ1v) is 5.94. The molecule has 0 aliphatic carbocycles. The molecule has 0 bridgehead atoms. The van der Waals surface area contributed by atoms with E-state index >= 15 is 0 Å². The largest absolute Gasteiger partial charge is 0.494 e. The molecule has 1 N–H and O–H groups in total. The lowest BCUT2D eigenvalue weighted by Gasteiger charge is -2.18. The van der Waals surface area contributed by atoms with Gasteiger partial charge in [-0.1, -0.05) is 0 Å². The smallest absolute Gasteiger partial charge is 0.305 e. The Kier molecular flexibility index (Phi) is 3.97. The zero-order valence-corrected chi connectivity index (χ0v) is 11.1. The van der Waals surface area contributed by atoms with E-state index in [0.29, 0.717) is 11.2 Å². The summed E-state index contributed by atoms with van der Waals surface area (Å²) in [7, 11) is 3.08. The molecule has 7 heteroatoms. The molecule has 1 aromatic carbocycles. The molecule has 20 heavy (non-hydrogen) atoms. The van der Waals surface area contributed by atoms with Gasteiger partial charge in [0.25, 0.3) is 0 Å². The Morgan fingerprint density at radius 3 is 2.85 bits per heavy atom. The van der Waals surface area contributed by atoms with Crippen LogP contribution in [0.15, 0.2) is 18.5 Å². The summed E-state index contributed by atoms with van der Waals surface area (Å²) in [6.45, 7) is 0.273. The van der Waals surface area contributed by atoms with Crippen molar-refractivity contribution in [3.8, 4) is 5.75 Å². The van der Waals surface area contributed by atoms with Crippen LogP contribution >= 0.6 is 0 Å². The van der Waals surface area contributed by atoms with Crippen LogP contribution in [0.25, 0.3) is 10.9 Å². The fraction of sp³-hybridized carbons (Fsp3) is 0.308. The molecule has 0 saturated heterocycles. The molecule has 0 fully saturated rings. The van der Waals surface area contributed by atoms with Gasteiger partial charge in [0.1, 0.15) is 17.7 Å². The first-order valence-electron chi connectivity index (χ1n) is 5.94. The zero-order chi connectivity index (χ0) is 14.7. The van der Waals surface area contributed by atoms with E-state index in [0.717, 1.165) is 0 Å². The van der Waals surface area contributed by atoms with E-state index in [4.69, 9.17) is 9.84 Å². The lowest BCUT2D eigenvalue weighted by atomic mass is 10.2. The Hall–Kier alpha value is -2.44. The fourth-order valence-corrected chi connectivity index (χ4v) is 1.89. The van der Waals surface area contributed by atoms with Gasteiger partial charge in [-0.05, 0) is 12.1 Å². The number of halogens is 1. The van der Waals surface area contributed by atoms with Crippen molar-refractivity contribution in [1.82, 2.24) is 9.97 Å². The summed E-state index contributed by atoms with van der Waals surface area (Å²) in [6, 6.07) is 3.15. The van der Waals surface area contributed by atoms with Crippen molar-refractivity contribution in [2.75, 3.05) is 25.6 Å². The third kappa shape index (κ3) is 2.61. The fourth-order valence-electron chi connectivity index (χ4n) is 1.89. The highest BCUT2D eigenvalue weighted by Crippen LogP contribution is 2.29. The molecule has 1 aromatic heterocycles. The van der Waals surface area contributed by atoms with Crippen LogP contribution in [0.2, 0.25) is 0 Å². The Balaban J connectivity index is 2.44. The number of ether oxygens (including phenoxy) is 1. The first kappa shape index (κ1) is 14.0. The Labute approximate surface area is 114 Å². The number of carboxylic acid groups (broad SMARTS) is 1. The topological polar surface area (TPSA) is 75.5 Å². The van der Waals surface area contributed by atoms with Gasteiger partial charge in [-0.25, -0.2) is 14.4 Å². The second-order valence-corrected chi connectivity index (χ2v) is 4.24. The maximum atomic E-state index is 14.1. The SMILES string of the molecule is COc1ccc2c(N(C)CCC(=O)O)ncnc2c1F. The standard InChI is InChI=1S/C13H14FN3O3/c1-17(6-5-10(18)19)13-8-3-4-9(20-2)11(14)12(8)15-7-16-13/h3-4,7H,5-6H2,1-2H3,(H,18,19). The summed E-state index contributed by atoms with van der Waals surface area (Å²) in [5.74, 6) is -0.864. The number of fused-ring (bicyclic) bond motifs is 1. The number of hydrogen-bond acceptors (Lipinski definition) is 5. The lowest BCUT2D eigenvalue weighted by molar-refractivity contribution is -0.136. The van der Waals surface area contributed by atoms with E-state index in [2.05, 4.69) is 9.97 Å². The summed E-state index contributed by atoms with van der Waals surface area (Å²) in [6.07, 6.45) is 1.22. The average Bonchev–Trinajstić information content (AvgIpc) is 2.44.